The highest BCUT2D eigenvalue weighted by atomic mass is 16.1. The number of nitrogens with zero attached hydrogens (tertiary/aromatic N) is 3. The molecule has 1 unspecified atom stereocenters. The Hall–Kier alpha value is -2.17. The van der Waals surface area contributed by atoms with Crippen LogP contribution < -0.4 is 5.32 Å². The molecule has 1 aliphatic rings. The van der Waals surface area contributed by atoms with Gasteiger partial charge in [-0.25, -0.2) is 9.97 Å². The van der Waals surface area contributed by atoms with E-state index < -0.39 is 0 Å². The molecular weight excluding hydrogens is 240 g/mol. The zero-order valence-electron chi connectivity index (χ0n) is 10.8. The van der Waals surface area contributed by atoms with Gasteiger partial charge in [0.25, 0.3) is 0 Å². The molecule has 5 nitrogen and oxygen atoms in total. The molecule has 3 rings (SSSR count). The maximum Gasteiger partial charge on any atom is 0.229 e. The molecule has 2 aromatic rings. The van der Waals surface area contributed by atoms with Crippen LogP contribution in [0.15, 0.2) is 30.7 Å². The lowest BCUT2D eigenvalue weighted by atomic mass is 9.97. The van der Waals surface area contributed by atoms with Gasteiger partial charge in [0.1, 0.15) is 11.6 Å². The molecule has 0 aliphatic carbocycles. The number of pyridine rings is 1. The first-order valence-corrected chi connectivity index (χ1v) is 6.46. The number of rotatable bonds is 2. The number of imidazole rings is 1. The molecule has 98 valence electrons. The summed E-state index contributed by atoms with van der Waals surface area (Å²) in [6.07, 6.45) is 7.01. The molecule has 0 radical (unpaired) electrons. The van der Waals surface area contributed by atoms with Crippen LogP contribution in [-0.4, -0.2) is 20.4 Å². The first-order chi connectivity index (χ1) is 9.22. The molecule has 3 heterocycles. The van der Waals surface area contributed by atoms with Crippen LogP contribution in [0.1, 0.15) is 17.8 Å². The molecule has 0 spiro atoms. The highest BCUT2D eigenvalue weighted by Crippen LogP contribution is 2.20. The van der Waals surface area contributed by atoms with Crippen molar-refractivity contribution >= 4 is 11.7 Å². The van der Waals surface area contributed by atoms with Crippen LogP contribution in [0.5, 0.6) is 0 Å². The number of aromatic nitrogens is 3. The summed E-state index contributed by atoms with van der Waals surface area (Å²) < 4.78 is 2.11. The maximum absolute atomic E-state index is 12.2. The van der Waals surface area contributed by atoms with Crippen molar-refractivity contribution in [2.24, 2.45) is 5.92 Å². The first-order valence-electron chi connectivity index (χ1n) is 6.46. The van der Waals surface area contributed by atoms with Crippen molar-refractivity contribution in [3.63, 3.8) is 0 Å². The van der Waals surface area contributed by atoms with Gasteiger partial charge in [-0.3, -0.25) is 4.79 Å². The molecule has 19 heavy (non-hydrogen) atoms. The molecule has 5 heteroatoms. The minimum Gasteiger partial charge on any atom is -0.335 e. The van der Waals surface area contributed by atoms with Gasteiger partial charge in [0, 0.05) is 37.5 Å². The fraction of sp³-hybridized carbons (Fsp3) is 0.357. The minimum atomic E-state index is -0.0165. The predicted octanol–water partition coefficient (Wildman–Crippen LogP) is 1.79. The van der Waals surface area contributed by atoms with Crippen molar-refractivity contribution < 1.29 is 4.79 Å². The van der Waals surface area contributed by atoms with Gasteiger partial charge < -0.3 is 9.88 Å². The third-order valence-corrected chi connectivity index (χ3v) is 3.49. The van der Waals surface area contributed by atoms with Gasteiger partial charge in [0.05, 0.1) is 0 Å². The fourth-order valence-electron chi connectivity index (χ4n) is 2.41. The average Bonchev–Trinajstić information content (AvgIpc) is 2.85. The van der Waals surface area contributed by atoms with Crippen molar-refractivity contribution in [3.8, 4) is 0 Å². The lowest BCUT2D eigenvalue weighted by Crippen LogP contribution is -2.30. The molecule has 1 aliphatic heterocycles. The van der Waals surface area contributed by atoms with Crippen LogP contribution in [0.4, 0.5) is 5.82 Å². The Kier molecular flexibility index (Phi) is 3.03. The predicted molar refractivity (Wildman–Crippen MR) is 71.6 cm³/mol. The Bertz CT molecular complexity index is 605. The quantitative estimate of drug-likeness (QED) is 0.891. The van der Waals surface area contributed by atoms with Gasteiger partial charge in [-0.1, -0.05) is 0 Å². The average molecular weight is 256 g/mol. The van der Waals surface area contributed by atoms with E-state index >= 15 is 0 Å². The number of hydrogen-bond donors (Lipinski definition) is 1. The Morgan fingerprint density at radius 3 is 3.16 bits per heavy atom. The Balaban J connectivity index is 1.69. The fourth-order valence-corrected chi connectivity index (χ4v) is 2.41. The van der Waals surface area contributed by atoms with Crippen LogP contribution >= 0.6 is 0 Å². The smallest absolute Gasteiger partial charge is 0.229 e. The number of nitrogens with one attached hydrogen (secondary N) is 1. The minimum absolute atomic E-state index is 0.0165. The van der Waals surface area contributed by atoms with Crippen molar-refractivity contribution in [2.45, 2.75) is 26.3 Å². The number of carbonyl (C=O) groups excluding carboxylic acids is 1. The van der Waals surface area contributed by atoms with Gasteiger partial charge in [-0.2, -0.15) is 0 Å². The Morgan fingerprint density at radius 1 is 1.42 bits per heavy atom. The second kappa shape index (κ2) is 4.84. The molecule has 0 fully saturated rings. The Morgan fingerprint density at radius 2 is 2.32 bits per heavy atom. The largest absolute Gasteiger partial charge is 0.335 e. The lowest BCUT2D eigenvalue weighted by molar-refractivity contribution is -0.120. The van der Waals surface area contributed by atoms with Gasteiger partial charge in [-0.15, -0.1) is 0 Å². The van der Waals surface area contributed by atoms with Crippen LogP contribution in [-0.2, 0) is 17.8 Å². The highest BCUT2D eigenvalue weighted by molar-refractivity contribution is 5.91. The summed E-state index contributed by atoms with van der Waals surface area (Å²) in [6, 6.07) is 3.79. The summed E-state index contributed by atoms with van der Waals surface area (Å²) in [6.45, 7) is 2.84. The third-order valence-electron chi connectivity index (χ3n) is 3.49. The number of anilines is 1. The molecule has 2 aromatic heterocycles. The third kappa shape index (κ3) is 2.50. The molecular formula is C14H16N4O. The van der Waals surface area contributed by atoms with Crippen LogP contribution in [0, 0.1) is 12.8 Å². The van der Waals surface area contributed by atoms with E-state index in [0.717, 1.165) is 24.4 Å². The summed E-state index contributed by atoms with van der Waals surface area (Å²) in [5.41, 5.74) is 1.09. The number of fused-ring (bicyclic) bond motifs is 1. The number of aryl methyl sites for hydroxylation is 2. The number of hydrogen-bond acceptors (Lipinski definition) is 3. The Labute approximate surface area is 111 Å². The normalized spacial score (nSPS) is 17.8. The first kappa shape index (κ1) is 11.9. The summed E-state index contributed by atoms with van der Waals surface area (Å²) in [7, 11) is 0. The van der Waals surface area contributed by atoms with Crippen LogP contribution in [0.25, 0.3) is 0 Å². The lowest BCUT2D eigenvalue weighted by Gasteiger charge is -2.22. The summed E-state index contributed by atoms with van der Waals surface area (Å²) >= 11 is 0. The molecule has 1 N–H and O–H groups in total. The van der Waals surface area contributed by atoms with Crippen molar-refractivity contribution in [1.82, 2.24) is 14.5 Å². The van der Waals surface area contributed by atoms with Gasteiger partial charge >= 0.3 is 0 Å². The van der Waals surface area contributed by atoms with E-state index in [-0.39, 0.29) is 11.8 Å². The second-order valence-corrected chi connectivity index (χ2v) is 4.93. The highest BCUT2D eigenvalue weighted by Gasteiger charge is 2.25. The molecule has 1 atom stereocenters. The van der Waals surface area contributed by atoms with E-state index in [4.69, 9.17) is 0 Å². The number of amides is 1. The van der Waals surface area contributed by atoms with E-state index in [1.165, 1.54) is 0 Å². The standard InChI is InChI=1S/C14H16N4O/c1-10-2-4-15-12(8-10)17-14(19)11-3-6-18-7-5-16-13(18)9-11/h2,4-5,7-8,11H,3,6,9H2,1H3,(H,15,17,19). The van der Waals surface area contributed by atoms with E-state index in [2.05, 4.69) is 19.9 Å². The molecule has 0 aromatic carbocycles. The van der Waals surface area contributed by atoms with Crippen LogP contribution in [0.3, 0.4) is 0 Å². The SMILES string of the molecule is Cc1ccnc(NC(=O)C2CCn3ccnc3C2)c1. The zero-order chi connectivity index (χ0) is 13.2. The van der Waals surface area contributed by atoms with E-state index in [1.807, 2.05) is 25.3 Å². The van der Waals surface area contributed by atoms with Gasteiger partial charge in [0.2, 0.25) is 5.91 Å². The van der Waals surface area contributed by atoms with Crippen molar-refractivity contribution in [3.05, 3.63) is 42.1 Å². The monoisotopic (exact) mass is 256 g/mol. The van der Waals surface area contributed by atoms with E-state index in [9.17, 15) is 4.79 Å². The molecule has 0 saturated carbocycles. The van der Waals surface area contributed by atoms with Crippen molar-refractivity contribution in [2.75, 3.05) is 5.32 Å². The van der Waals surface area contributed by atoms with Crippen molar-refractivity contribution in [1.29, 1.82) is 0 Å². The molecule has 1 amide bonds. The second-order valence-electron chi connectivity index (χ2n) is 4.93. The number of carbonyl (C=O) groups is 1. The van der Waals surface area contributed by atoms with Crippen LogP contribution in [0.2, 0.25) is 0 Å². The summed E-state index contributed by atoms with van der Waals surface area (Å²) in [5.74, 6) is 1.63. The van der Waals surface area contributed by atoms with E-state index in [0.29, 0.717) is 12.2 Å². The van der Waals surface area contributed by atoms with Gasteiger partial charge in [0.15, 0.2) is 0 Å². The molecule has 0 bridgehead atoms. The summed E-state index contributed by atoms with van der Waals surface area (Å²) in [5, 5.41) is 2.89. The summed E-state index contributed by atoms with van der Waals surface area (Å²) in [4.78, 5) is 20.7. The topological polar surface area (TPSA) is 59.8 Å². The zero-order valence-corrected chi connectivity index (χ0v) is 10.8. The van der Waals surface area contributed by atoms with Gasteiger partial charge in [-0.05, 0) is 31.0 Å². The van der Waals surface area contributed by atoms with E-state index in [1.54, 1.807) is 12.4 Å². The maximum atomic E-state index is 12.2. The molecule has 0 saturated heterocycles.